The summed E-state index contributed by atoms with van der Waals surface area (Å²) >= 11 is 0. The van der Waals surface area contributed by atoms with Gasteiger partial charge in [-0.15, -0.1) is 0 Å². The van der Waals surface area contributed by atoms with Crippen LogP contribution in [0.15, 0.2) is 45.7 Å². The molecule has 0 atom stereocenters. The lowest BCUT2D eigenvalue weighted by atomic mass is 10.1. The zero-order chi connectivity index (χ0) is 17.9. The fourth-order valence-electron chi connectivity index (χ4n) is 2.84. The van der Waals surface area contributed by atoms with Gasteiger partial charge in [-0.3, -0.25) is 9.69 Å². The zero-order valence-electron chi connectivity index (χ0n) is 13.8. The van der Waals surface area contributed by atoms with Gasteiger partial charge < -0.3 is 9.73 Å². The molecule has 7 nitrogen and oxygen atoms in total. The predicted molar refractivity (Wildman–Crippen MR) is 93.6 cm³/mol. The Labute approximate surface area is 146 Å². The SMILES string of the molecule is NS(=O)(=O)c1ccc(NC(=O)c2ccc(CN3CCCCC3)o2)cc1. The number of carbonyl (C=O) groups excluding carboxylic acids is 1. The first-order chi connectivity index (χ1) is 11.9. The summed E-state index contributed by atoms with van der Waals surface area (Å²) in [4.78, 5) is 14.5. The maximum Gasteiger partial charge on any atom is 0.291 e. The van der Waals surface area contributed by atoms with Gasteiger partial charge in [0.2, 0.25) is 10.0 Å². The van der Waals surface area contributed by atoms with Crippen molar-refractivity contribution in [3.05, 3.63) is 47.9 Å². The highest BCUT2D eigenvalue weighted by molar-refractivity contribution is 7.89. The lowest BCUT2D eigenvalue weighted by Gasteiger charge is -2.25. The van der Waals surface area contributed by atoms with Gasteiger partial charge in [0.1, 0.15) is 5.76 Å². The molecular weight excluding hydrogens is 342 g/mol. The molecule has 1 fully saturated rings. The highest BCUT2D eigenvalue weighted by Crippen LogP contribution is 2.17. The van der Waals surface area contributed by atoms with Crippen LogP contribution in [0.1, 0.15) is 35.6 Å². The van der Waals surface area contributed by atoms with Crippen molar-refractivity contribution in [2.24, 2.45) is 5.14 Å². The molecule has 3 rings (SSSR count). The molecule has 0 radical (unpaired) electrons. The molecule has 0 aliphatic carbocycles. The van der Waals surface area contributed by atoms with E-state index in [1.54, 1.807) is 6.07 Å². The lowest BCUT2D eigenvalue weighted by molar-refractivity contribution is 0.0992. The highest BCUT2D eigenvalue weighted by Gasteiger charge is 2.16. The van der Waals surface area contributed by atoms with Crippen LogP contribution in [0.25, 0.3) is 0 Å². The second kappa shape index (κ2) is 7.38. The number of amides is 1. The molecule has 2 aromatic rings. The molecule has 0 saturated carbocycles. The number of sulfonamides is 1. The Morgan fingerprint density at radius 2 is 1.76 bits per heavy atom. The van der Waals surface area contributed by atoms with Gasteiger partial charge in [-0.1, -0.05) is 6.42 Å². The first-order valence-electron chi connectivity index (χ1n) is 8.17. The van der Waals surface area contributed by atoms with E-state index in [2.05, 4.69) is 10.2 Å². The third kappa shape index (κ3) is 4.68. The Bertz CT molecular complexity index is 837. The van der Waals surface area contributed by atoms with E-state index in [9.17, 15) is 13.2 Å². The molecule has 1 aliphatic heterocycles. The van der Waals surface area contributed by atoms with Gasteiger partial charge in [-0.25, -0.2) is 13.6 Å². The summed E-state index contributed by atoms with van der Waals surface area (Å²) in [5.41, 5.74) is 0.464. The van der Waals surface area contributed by atoms with Crippen LogP contribution in [-0.2, 0) is 16.6 Å². The van der Waals surface area contributed by atoms with Crippen molar-refractivity contribution in [1.29, 1.82) is 0 Å². The van der Waals surface area contributed by atoms with Gasteiger partial charge in [0.05, 0.1) is 11.4 Å². The average molecular weight is 363 g/mol. The van der Waals surface area contributed by atoms with Crippen LogP contribution in [-0.4, -0.2) is 32.3 Å². The predicted octanol–water partition coefficient (Wildman–Crippen LogP) is 2.17. The maximum atomic E-state index is 12.2. The van der Waals surface area contributed by atoms with Gasteiger partial charge in [-0.05, 0) is 62.3 Å². The Morgan fingerprint density at radius 1 is 1.08 bits per heavy atom. The van der Waals surface area contributed by atoms with E-state index in [-0.39, 0.29) is 16.6 Å². The molecule has 1 amide bonds. The number of anilines is 1. The summed E-state index contributed by atoms with van der Waals surface area (Å²) in [6.45, 7) is 2.81. The van der Waals surface area contributed by atoms with Crippen LogP contribution in [0, 0.1) is 0 Å². The molecule has 1 aromatic heterocycles. The number of rotatable bonds is 5. The van der Waals surface area contributed by atoms with Crippen LogP contribution < -0.4 is 10.5 Å². The van der Waals surface area contributed by atoms with Gasteiger partial charge in [-0.2, -0.15) is 0 Å². The fraction of sp³-hybridized carbons (Fsp3) is 0.353. The molecule has 2 heterocycles. The summed E-state index contributed by atoms with van der Waals surface area (Å²) in [5.74, 6) is 0.604. The van der Waals surface area contributed by atoms with Crippen LogP contribution in [0.5, 0.6) is 0 Å². The second-order valence-electron chi connectivity index (χ2n) is 6.13. The zero-order valence-corrected chi connectivity index (χ0v) is 14.6. The largest absolute Gasteiger partial charge is 0.455 e. The van der Waals surface area contributed by atoms with E-state index < -0.39 is 10.0 Å². The van der Waals surface area contributed by atoms with E-state index in [0.717, 1.165) is 18.8 Å². The molecule has 1 saturated heterocycles. The number of furan rings is 1. The molecular formula is C17H21N3O4S. The van der Waals surface area contributed by atoms with Crippen molar-refractivity contribution in [3.63, 3.8) is 0 Å². The van der Waals surface area contributed by atoms with Gasteiger partial charge in [0.15, 0.2) is 5.76 Å². The maximum absolute atomic E-state index is 12.2. The van der Waals surface area contributed by atoms with E-state index >= 15 is 0 Å². The molecule has 25 heavy (non-hydrogen) atoms. The van der Waals surface area contributed by atoms with Gasteiger partial charge in [0, 0.05) is 5.69 Å². The Balaban J connectivity index is 1.61. The number of hydrogen-bond acceptors (Lipinski definition) is 5. The van der Waals surface area contributed by atoms with E-state index in [1.165, 1.54) is 43.5 Å². The molecule has 1 aromatic carbocycles. The number of hydrogen-bond donors (Lipinski definition) is 2. The van der Waals surface area contributed by atoms with Crippen LogP contribution >= 0.6 is 0 Å². The average Bonchev–Trinajstić information content (AvgIpc) is 3.04. The quantitative estimate of drug-likeness (QED) is 0.847. The number of nitrogens with one attached hydrogen (secondary N) is 1. The number of primary sulfonamides is 1. The van der Waals surface area contributed by atoms with Crippen LogP contribution in [0.3, 0.4) is 0 Å². The number of likely N-dealkylation sites (tertiary alicyclic amines) is 1. The molecule has 3 N–H and O–H groups in total. The first-order valence-corrected chi connectivity index (χ1v) is 9.72. The van der Waals surface area contributed by atoms with Crippen molar-refractivity contribution in [2.45, 2.75) is 30.7 Å². The van der Waals surface area contributed by atoms with Gasteiger partial charge in [0.25, 0.3) is 5.91 Å². The summed E-state index contributed by atoms with van der Waals surface area (Å²) in [7, 11) is -3.75. The Hall–Kier alpha value is -2.16. The van der Waals surface area contributed by atoms with E-state index in [0.29, 0.717) is 12.2 Å². The van der Waals surface area contributed by atoms with E-state index in [4.69, 9.17) is 9.56 Å². The Kier molecular flexibility index (Phi) is 5.22. The van der Waals surface area contributed by atoms with Crippen molar-refractivity contribution in [3.8, 4) is 0 Å². The third-order valence-electron chi connectivity index (χ3n) is 4.15. The monoisotopic (exact) mass is 363 g/mol. The summed E-state index contributed by atoms with van der Waals surface area (Å²) in [6.07, 6.45) is 3.66. The number of carbonyl (C=O) groups is 1. The minimum atomic E-state index is -3.75. The molecule has 134 valence electrons. The van der Waals surface area contributed by atoms with Crippen LogP contribution in [0.4, 0.5) is 5.69 Å². The molecule has 8 heteroatoms. The lowest BCUT2D eigenvalue weighted by Crippen LogP contribution is -2.28. The summed E-state index contributed by atoms with van der Waals surface area (Å²) in [6, 6.07) is 9.11. The number of nitrogens with two attached hydrogens (primary N) is 1. The topological polar surface area (TPSA) is 106 Å². The third-order valence-corrected chi connectivity index (χ3v) is 5.08. The van der Waals surface area contributed by atoms with E-state index in [1.807, 2.05) is 6.07 Å². The minimum absolute atomic E-state index is 0.00712. The van der Waals surface area contributed by atoms with Gasteiger partial charge >= 0.3 is 0 Å². The molecule has 0 unspecified atom stereocenters. The van der Waals surface area contributed by atoms with Crippen molar-refractivity contribution >= 4 is 21.6 Å². The Morgan fingerprint density at radius 3 is 2.40 bits per heavy atom. The summed E-state index contributed by atoms with van der Waals surface area (Å²) in [5, 5.41) is 7.72. The number of benzene rings is 1. The standard InChI is InChI=1S/C17H21N3O4S/c18-25(22,23)15-7-4-13(5-8-15)19-17(21)16-9-6-14(24-16)12-20-10-2-1-3-11-20/h4-9H,1-3,10-12H2,(H,19,21)(H2,18,22,23). The summed E-state index contributed by atoms with van der Waals surface area (Å²) < 4.78 is 28.1. The minimum Gasteiger partial charge on any atom is -0.455 e. The van der Waals surface area contributed by atoms with Crippen LogP contribution in [0.2, 0.25) is 0 Å². The second-order valence-corrected chi connectivity index (χ2v) is 7.69. The first kappa shape index (κ1) is 17.7. The smallest absolute Gasteiger partial charge is 0.291 e. The number of nitrogens with zero attached hydrogens (tertiary/aromatic N) is 1. The highest BCUT2D eigenvalue weighted by atomic mass is 32.2. The normalized spacial score (nSPS) is 15.9. The fourth-order valence-corrected chi connectivity index (χ4v) is 3.36. The number of piperidine rings is 1. The molecule has 1 aliphatic rings. The van der Waals surface area contributed by atoms with Crippen molar-refractivity contribution in [1.82, 2.24) is 4.90 Å². The molecule has 0 bridgehead atoms. The van der Waals surface area contributed by atoms with Crippen molar-refractivity contribution < 1.29 is 17.6 Å². The van der Waals surface area contributed by atoms with Crippen molar-refractivity contribution in [2.75, 3.05) is 18.4 Å². The molecule has 0 spiro atoms.